The fourth-order valence-corrected chi connectivity index (χ4v) is 3.62. The summed E-state index contributed by atoms with van der Waals surface area (Å²) in [5.41, 5.74) is 5.17. The van der Waals surface area contributed by atoms with Gasteiger partial charge in [-0.1, -0.05) is 60.1 Å². The lowest BCUT2D eigenvalue weighted by molar-refractivity contribution is -0.136. The van der Waals surface area contributed by atoms with Gasteiger partial charge in [-0.3, -0.25) is 9.59 Å². The first-order chi connectivity index (χ1) is 16.0. The average molecular weight is 465 g/mol. The van der Waals surface area contributed by atoms with Gasteiger partial charge in [0.2, 0.25) is 0 Å². The minimum Gasteiger partial charge on any atom is -0.481 e. The minimum absolute atomic E-state index is 0.0790. The summed E-state index contributed by atoms with van der Waals surface area (Å²) in [6.07, 6.45) is 2.83. The first kappa shape index (κ1) is 24.5. The van der Waals surface area contributed by atoms with Gasteiger partial charge in [-0.05, 0) is 72.3 Å². The van der Waals surface area contributed by atoms with Crippen LogP contribution in [0.2, 0.25) is 5.02 Å². The highest BCUT2D eigenvalue weighted by molar-refractivity contribution is 6.30. The summed E-state index contributed by atoms with van der Waals surface area (Å²) in [4.78, 5) is 22.9. The van der Waals surface area contributed by atoms with E-state index >= 15 is 0 Å². The van der Waals surface area contributed by atoms with Gasteiger partial charge in [-0.15, -0.1) is 0 Å². The van der Waals surface area contributed by atoms with E-state index in [2.05, 4.69) is 34.9 Å². The fraction of sp³-hybridized carbons (Fsp3) is 0.259. The molecule has 5 nitrogen and oxygen atoms in total. The molecule has 6 heteroatoms. The molecule has 0 saturated heterocycles. The van der Waals surface area contributed by atoms with Crippen LogP contribution in [0.15, 0.2) is 72.8 Å². The second-order valence-electron chi connectivity index (χ2n) is 7.90. The highest BCUT2D eigenvalue weighted by Gasteiger charge is 2.06. The third-order valence-electron chi connectivity index (χ3n) is 5.38. The molecule has 0 aliphatic carbocycles. The normalized spacial score (nSPS) is 10.7. The van der Waals surface area contributed by atoms with Gasteiger partial charge in [0, 0.05) is 23.7 Å². The van der Waals surface area contributed by atoms with Crippen molar-refractivity contribution in [1.29, 1.82) is 0 Å². The van der Waals surface area contributed by atoms with Crippen LogP contribution in [0.1, 0.15) is 34.3 Å². The van der Waals surface area contributed by atoms with Crippen LogP contribution in [-0.2, 0) is 17.6 Å². The predicted molar refractivity (Wildman–Crippen MR) is 133 cm³/mol. The van der Waals surface area contributed by atoms with Gasteiger partial charge in [-0.2, -0.15) is 0 Å². The maximum Gasteiger partial charge on any atom is 0.304 e. The first-order valence-electron chi connectivity index (χ1n) is 11.2. The third kappa shape index (κ3) is 8.37. The quantitative estimate of drug-likeness (QED) is 0.330. The van der Waals surface area contributed by atoms with Crippen LogP contribution < -0.4 is 10.6 Å². The molecule has 3 N–H and O–H groups in total. The molecule has 0 aromatic heterocycles. The largest absolute Gasteiger partial charge is 0.481 e. The van der Waals surface area contributed by atoms with Crippen LogP contribution in [-0.4, -0.2) is 36.6 Å². The molecule has 0 spiro atoms. The lowest BCUT2D eigenvalue weighted by atomic mass is 10.0. The molecule has 0 radical (unpaired) electrons. The molecule has 0 saturated carbocycles. The lowest BCUT2D eigenvalue weighted by Crippen LogP contribution is -2.25. The van der Waals surface area contributed by atoms with E-state index in [0.29, 0.717) is 23.7 Å². The second kappa shape index (κ2) is 12.8. The van der Waals surface area contributed by atoms with E-state index in [1.807, 2.05) is 48.5 Å². The van der Waals surface area contributed by atoms with Crippen molar-refractivity contribution >= 4 is 23.5 Å². The van der Waals surface area contributed by atoms with Gasteiger partial charge < -0.3 is 15.7 Å². The highest BCUT2D eigenvalue weighted by atomic mass is 35.5. The number of benzene rings is 3. The molecule has 0 atom stereocenters. The van der Waals surface area contributed by atoms with Crippen LogP contribution in [0.5, 0.6) is 0 Å². The van der Waals surface area contributed by atoms with E-state index in [4.69, 9.17) is 16.7 Å². The number of aryl methyl sites for hydroxylation is 1. The summed E-state index contributed by atoms with van der Waals surface area (Å²) < 4.78 is 0. The summed E-state index contributed by atoms with van der Waals surface area (Å²) in [6.45, 7) is 1.89. The van der Waals surface area contributed by atoms with Crippen molar-refractivity contribution in [3.8, 4) is 11.1 Å². The van der Waals surface area contributed by atoms with Crippen LogP contribution >= 0.6 is 11.6 Å². The van der Waals surface area contributed by atoms with Crippen molar-refractivity contribution < 1.29 is 14.7 Å². The Hall–Kier alpha value is -3.15. The molecule has 0 aliphatic rings. The van der Waals surface area contributed by atoms with Gasteiger partial charge in [0.15, 0.2) is 0 Å². The predicted octanol–water partition coefficient (Wildman–Crippen LogP) is 4.98. The van der Waals surface area contributed by atoms with Gasteiger partial charge >= 0.3 is 5.97 Å². The Morgan fingerprint density at radius 1 is 0.727 bits per heavy atom. The Balaban J connectivity index is 1.37. The van der Waals surface area contributed by atoms with Crippen LogP contribution in [0.25, 0.3) is 11.1 Å². The van der Waals surface area contributed by atoms with E-state index in [1.54, 1.807) is 0 Å². The molecular weight excluding hydrogens is 436 g/mol. The minimum atomic E-state index is -0.777. The Labute approximate surface area is 199 Å². The van der Waals surface area contributed by atoms with Gasteiger partial charge in [0.05, 0.1) is 6.42 Å². The first-order valence-corrected chi connectivity index (χ1v) is 11.5. The van der Waals surface area contributed by atoms with Crippen LogP contribution in [0.4, 0.5) is 0 Å². The van der Waals surface area contributed by atoms with Crippen molar-refractivity contribution in [1.82, 2.24) is 10.6 Å². The Kier molecular flexibility index (Phi) is 9.48. The molecule has 3 aromatic rings. The lowest BCUT2D eigenvalue weighted by Gasteiger charge is -2.08. The average Bonchev–Trinajstić information content (AvgIpc) is 2.82. The molecule has 172 valence electrons. The number of carboxylic acid groups (broad SMARTS) is 1. The van der Waals surface area contributed by atoms with Gasteiger partial charge in [-0.25, -0.2) is 0 Å². The Morgan fingerprint density at radius 3 is 1.91 bits per heavy atom. The number of carbonyl (C=O) groups is 2. The van der Waals surface area contributed by atoms with Crippen molar-refractivity contribution in [3.05, 3.63) is 94.5 Å². The number of aliphatic carboxylic acids is 1. The summed E-state index contributed by atoms with van der Waals surface area (Å²) >= 11 is 5.94. The van der Waals surface area contributed by atoms with Crippen LogP contribution in [0.3, 0.4) is 0 Å². The smallest absolute Gasteiger partial charge is 0.304 e. The molecule has 1 amide bonds. The molecular formula is C27H29ClN2O3. The van der Waals surface area contributed by atoms with E-state index in [9.17, 15) is 9.59 Å². The zero-order chi connectivity index (χ0) is 23.5. The summed E-state index contributed by atoms with van der Waals surface area (Å²) in [6, 6.07) is 23.6. The summed E-state index contributed by atoms with van der Waals surface area (Å²) in [5, 5.41) is 15.4. The van der Waals surface area contributed by atoms with E-state index < -0.39 is 5.97 Å². The molecule has 0 unspecified atom stereocenters. The number of carbonyl (C=O) groups excluding carboxylic acids is 1. The van der Waals surface area contributed by atoms with Crippen LogP contribution in [0, 0.1) is 0 Å². The fourth-order valence-electron chi connectivity index (χ4n) is 3.49. The molecule has 33 heavy (non-hydrogen) atoms. The Bertz CT molecular complexity index is 1030. The number of carboxylic acids is 1. The molecule has 0 heterocycles. The number of hydrogen-bond donors (Lipinski definition) is 3. The summed E-state index contributed by atoms with van der Waals surface area (Å²) in [7, 11) is 0. The third-order valence-corrected chi connectivity index (χ3v) is 5.63. The maximum atomic E-state index is 12.4. The molecule has 3 rings (SSSR count). The topological polar surface area (TPSA) is 78.4 Å². The van der Waals surface area contributed by atoms with Crippen molar-refractivity contribution in [2.75, 3.05) is 19.6 Å². The molecule has 3 aromatic carbocycles. The van der Waals surface area contributed by atoms with E-state index in [1.165, 1.54) is 11.1 Å². The Morgan fingerprint density at radius 2 is 1.30 bits per heavy atom. The van der Waals surface area contributed by atoms with Crippen molar-refractivity contribution in [3.63, 3.8) is 0 Å². The molecule has 0 fully saturated rings. The number of halogens is 1. The maximum absolute atomic E-state index is 12.4. The van der Waals surface area contributed by atoms with Crippen molar-refractivity contribution in [2.45, 2.75) is 25.7 Å². The zero-order valence-corrected chi connectivity index (χ0v) is 19.3. The van der Waals surface area contributed by atoms with Crippen molar-refractivity contribution in [2.24, 2.45) is 0 Å². The summed E-state index contributed by atoms with van der Waals surface area (Å²) in [5.74, 6) is -0.856. The molecule has 0 aliphatic heterocycles. The van der Waals surface area contributed by atoms with E-state index in [0.717, 1.165) is 36.9 Å². The van der Waals surface area contributed by atoms with E-state index in [-0.39, 0.29) is 12.3 Å². The number of rotatable bonds is 12. The van der Waals surface area contributed by atoms with Gasteiger partial charge in [0.1, 0.15) is 0 Å². The van der Waals surface area contributed by atoms with Gasteiger partial charge in [0.25, 0.3) is 5.91 Å². The SMILES string of the molecule is O=C(O)CCNCCCc1ccc(CCNC(=O)c2ccc(-c3ccc(Cl)cc3)cc2)cc1. The second-order valence-corrected chi connectivity index (χ2v) is 8.34. The monoisotopic (exact) mass is 464 g/mol. The number of amides is 1. The molecule has 0 bridgehead atoms. The zero-order valence-electron chi connectivity index (χ0n) is 18.5. The number of nitrogens with one attached hydrogen (secondary N) is 2. The standard InChI is InChI=1S/C27H29ClN2O3/c28-25-13-11-23(12-14-25)22-7-9-24(10-8-22)27(33)30-19-15-21-5-3-20(4-6-21)2-1-17-29-18-16-26(31)32/h3-14,29H,1-2,15-19H2,(H,30,33)(H,31,32). The highest BCUT2D eigenvalue weighted by Crippen LogP contribution is 2.21. The number of hydrogen-bond acceptors (Lipinski definition) is 3.